The van der Waals surface area contributed by atoms with Gasteiger partial charge in [0.15, 0.2) is 5.84 Å². The van der Waals surface area contributed by atoms with Gasteiger partial charge in [-0.25, -0.2) is 0 Å². The van der Waals surface area contributed by atoms with Gasteiger partial charge in [-0.3, -0.25) is 14.6 Å². The van der Waals surface area contributed by atoms with Crippen LogP contribution in [0.15, 0.2) is 23.7 Å². The molecule has 0 aliphatic rings. The first-order valence-electron chi connectivity index (χ1n) is 4.93. The zero-order valence-corrected chi connectivity index (χ0v) is 9.45. The van der Waals surface area contributed by atoms with Gasteiger partial charge in [0.05, 0.1) is 23.5 Å². The maximum absolute atomic E-state index is 11.8. The minimum Gasteiger partial charge on any atom is -0.409 e. The van der Waals surface area contributed by atoms with Crippen molar-refractivity contribution in [3.63, 3.8) is 0 Å². The van der Waals surface area contributed by atoms with Gasteiger partial charge in [-0.05, 0) is 0 Å². The van der Waals surface area contributed by atoms with E-state index in [9.17, 15) is 4.79 Å². The zero-order valence-electron chi connectivity index (χ0n) is 9.45. The number of nitrogens with zero attached hydrogens (tertiary/aromatic N) is 4. The van der Waals surface area contributed by atoms with Crippen LogP contribution in [0.3, 0.4) is 0 Å². The third kappa shape index (κ3) is 2.14. The van der Waals surface area contributed by atoms with Crippen LogP contribution in [0.25, 0.3) is 0 Å². The number of anilines is 1. The van der Waals surface area contributed by atoms with Crippen molar-refractivity contribution >= 4 is 17.6 Å². The van der Waals surface area contributed by atoms with E-state index in [1.165, 1.54) is 17.1 Å². The van der Waals surface area contributed by atoms with E-state index in [1.807, 2.05) is 0 Å². The molecule has 0 atom stereocenters. The molecule has 0 bridgehead atoms. The molecule has 18 heavy (non-hydrogen) atoms. The highest BCUT2D eigenvalue weighted by Gasteiger charge is 2.14. The SMILES string of the molecule is Cn1cc(C(=O)Nc2[nH]ncc2C(N)=NO)cn1. The number of carbonyl (C=O) groups is 1. The Labute approximate surface area is 101 Å². The van der Waals surface area contributed by atoms with Crippen molar-refractivity contribution in [2.24, 2.45) is 17.9 Å². The predicted octanol–water partition coefficient (Wildman–Crippen LogP) is -0.510. The van der Waals surface area contributed by atoms with Gasteiger partial charge < -0.3 is 16.3 Å². The molecule has 0 fully saturated rings. The van der Waals surface area contributed by atoms with Gasteiger partial charge in [-0.2, -0.15) is 10.2 Å². The Balaban J connectivity index is 2.20. The standard InChI is InChI=1S/C9H11N7O2/c1-16-4-5(2-12-16)9(17)13-8-6(3-11-14-8)7(10)15-18/h2-4,18H,1H3,(H2,10,15)(H2,11,13,14,17). The molecule has 0 aliphatic heterocycles. The number of H-pyrrole nitrogens is 1. The number of aryl methyl sites for hydroxylation is 1. The second-order valence-electron chi connectivity index (χ2n) is 3.50. The fourth-order valence-corrected chi connectivity index (χ4v) is 1.35. The van der Waals surface area contributed by atoms with E-state index >= 15 is 0 Å². The minimum absolute atomic E-state index is 0.148. The van der Waals surface area contributed by atoms with E-state index in [-0.39, 0.29) is 17.6 Å². The van der Waals surface area contributed by atoms with E-state index in [0.717, 1.165) is 0 Å². The lowest BCUT2D eigenvalue weighted by molar-refractivity contribution is 0.102. The van der Waals surface area contributed by atoms with Crippen molar-refractivity contribution in [3.8, 4) is 0 Å². The van der Waals surface area contributed by atoms with Crippen LogP contribution in [-0.4, -0.2) is 36.9 Å². The number of carbonyl (C=O) groups excluding carboxylic acids is 1. The molecule has 0 aromatic carbocycles. The highest BCUT2D eigenvalue weighted by atomic mass is 16.4. The van der Waals surface area contributed by atoms with Crippen LogP contribution in [0.1, 0.15) is 15.9 Å². The number of aromatic amines is 1. The number of hydrogen-bond acceptors (Lipinski definition) is 5. The van der Waals surface area contributed by atoms with E-state index in [0.29, 0.717) is 11.1 Å². The van der Waals surface area contributed by atoms with Crippen LogP contribution in [-0.2, 0) is 7.05 Å². The number of aromatic nitrogens is 4. The van der Waals surface area contributed by atoms with Crippen molar-refractivity contribution in [1.29, 1.82) is 0 Å². The molecule has 5 N–H and O–H groups in total. The van der Waals surface area contributed by atoms with Gasteiger partial charge in [0.2, 0.25) is 0 Å². The van der Waals surface area contributed by atoms with Crippen molar-refractivity contribution in [2.45, 2.75) is 0 Å². The average molecular weight is 249 g/mol. The molecule has 0 spiro atoms. The Hall–Kier alpha value is -2.84. The smallest absolute Gasteiger partial charge is 0.260 e. The second kappa shape index (κ2) is 4.57. The first-order valence-corrected chi connectivity index (χ1v) is 4.93. The molecule has 0 radical (unpaired) electrons. The number of nitrogens with two attached hydrogens (primary N) is 1. The third-order valence-electron chi connectivity index (χ3n) is 2.23. The summed E-state index contributed by atoms with van der Waals surface area (Å²) in [4.78, 5) is 11.8. The lowest BCUT2D eigenvalue weighted by Gasteiger charge is -2.02. The molecule has 9 heteroatoms. The normalized spacial score (nSPS) is 11.5. The second-order valence-corrected chi connectivity index (χ2v) is 3.50. The van der Waals surface area contributed by atoms with Crippen molar-refractivity contribution in [1.82, 2.24) is 20.0 Å². The Bertz CT molecular complexity index is 598. The van der Waals surface area contributed by atoms with Gasteiger partial charge in [-0.15, -0.1) is 0 Å². The maximum atomic E-state index is 11.8. The van der Waals surface area contributed by atoms with Crippen LogP contribution >= 0.6 is 0 Å². The van der Waals surface area contributed by atoms with E-state index in [2.05, 4.69) is 25.8 Å². The van der Waals surface area contributed by atoms with E-state index in [1.54, 1.807) is 13.2 Å². The van der Waals surface area contributed by atoms with E-state index in [4.69, 9.17) is 10.9 Å². The lowest BCUT2D eigenvalue weighted by atomic mass is 10.3. The van der Waals surface area contributed by atoms with Crippen molar-refractivity contribution < 1.29 is 10.0 Å². The zero-order chi connectivity index (χ0) is 13.1. The van der Waals surface area contributed by atoms with Crippen molar-refractivity contribution in [2.75, 3.05) is 5.32 Å². The molecule has 0 saturated heterocycles. The number of amidine groups is 1. The molecule has 2 heterocycles. The summed E-state index contributed by atoms with van der Waals surface area (Å²) in [6.07, 6.45) is 4.33. The molecular weight excluding hydrogens is 238 g/mol. The van der Waals surface area contributed by atoms with Gasteiger partial charge in [-0.1, -0.05) is 5.16 Å². The molecule has 2 rings (SSSR count). The summed E-state index contributed by atoms with van der Waals surface area (Å²) >= 11 is 0. The predicted molar refractivity (Wildman–Crippen MR) is 62.3 cm³/mol. The largest absolute Gasteiger partial charge is 0.409 e. The van der Waals surface area contributed by atoms with Crippen molar-refractivity contribution in [3.05, 3.63) is 29.7 Å². The summed E-state index contributed by atoms with van der Waals surface area (Å²) in [6, 6.07) is 0. The monoisotopic (exact) mass is 249 g/mol. The minimum atomic E-state index is -0.376. The molecule has 0 unspecified atom stereocenters. The highest BCUT2D eigenvalue weighted by molar-refractivity contribution is 6.08. The number of hydrogen-bond donors (Lipinski definition) is 4. The molecule has 2 aromatic heterocycles. The first kappa shape index (κ1) is 11.6. The quantitative estimate of drug-likeness (QED) is 0.251. The number of amides is 1. The topological polar surface area (TPSA) is 134 Å². The average Bonchev–Trinajstić information content (AvgIpc) is 2.97. The lowest BCUT2D eigenvalue weighted by Crippen LogP contribution is -2.18. The van der Waals surface area contributed by atoms with Gasteiger partial charge >= 0.3 is 0 Å². The summed E-state index contributed by atoms with van der Waals surface area (Å²) in [7, 11) is 1.70. The highest BCUT2D eigenvalue weighted by Crippen LogP contribution is 2.11. The third-order valence-corrected chi connectivity index (χ3v) is 2.23. The van der Waals surface area contributed by atoms with Crippen LogP contribution in [0.2, 0.25) is 0 Å². The summed E-state index contributed by atoms with van der Waals surface area (Å²) in [6.45, 7) is 0. The Morgan fingerprint density at radius 1 is 1.61 bits per heavy atom. The molecule has 94 valence electrons. The summed E-state index contributed by atoms with van der Waals surface area (Å²) < 4.78 is 1.51. The summed E-state index contributed by atoms with van der Waals surface area (Å²) in [5, 5.41) is 24.1. The fourth-order valence-electron chi connectivity index (χ4n) is 1.35. The Morgan fingerprint density at radius 2 is 2.39 bits per heavy atom. The van der Waals surface area contributed by atoms with Crippen LogP contribution < -0.4 is 11.1 Å². The summed E-state index contributed by atoms with van der Waals surface area (Å²) in [5.41, 5.74) is 6.12. The van der Waals surface area contributed by atoms with Gasteiger partial charge in [0.1, 0.15) is 5.82 Å². The Kier molecular flexibility index (Phi) is 2.96. The Morgan fingerprint density at radius 3 is 3.00 bits per heavy atom. The summed E-state index contributed by atoms with van der Waals surface area (Å²) in [5.74, 6) is -0.274. The number of oxime groups is 1. The molecule has 9 nitrogen and oxygen atoms in total. The van der Waals surface area contributed by atoms with Crippen LogP contribution in [0.5, 0.6) is 0 Å². The van der Waals surface area contributed by atoms with Crippen LogP contribution in [0.4, 0.5) is 5.82 Å². The molecule has 1 amide bonds. The van der Waals surface area contributed by atoms with Crippen LogP contribution in [0, 0.1) is 0 Å². The molecule has 0 saturated carbocycles. The molecule has 0 aliphatic carbocycles. The number of rotatable bonds is 3. The maximum Gasteiger partial charge on any atom is 0.260 e. The van der Waals surface area contributed by atoms with E-state index < -0.39 is 0 Å². The first-order chi connectivity index (χ1) is 8.61. The fraction of sp³-hybridized carbons (Fsp3) is 0.111. The molecular formula is C9H11N7O2. The number of nitrogens with one attached hydrogen (secondary N) is 2. The van der Waals surface area contributed by atoms with Gasteiger partial charge in [0.25, 0.3) is 5.91 Å². The molecule has 2 aromatic rings. The van der Waals surface area contributed by atoms with Gasteiger partial charge in [0, 0.05) is 13.2 Å².